The summed E-state index contributed by atoms with van der Waals surface area (Å²) in [6.07, 6.45) is 13.5. The number of hydrogen-bond acceptors (Lipinski definition) is 1. The number of benzene rings is 6. The van der Waals surface area contributed by atoms with Crippen molar-refractivity contribution in [1.82, 2.24) is 4.57 Å². The Bertz CT molecular complexity index is 2810. The van der Waals surface area contributed by atoms with Gasteiger partial charge in [-0.05, 0) is 106 Å². The van der Waals surface area contributed by atoms with Gasteiger partial charge in [0.1, 0.15) is 5.58 Å². The number of aromatic nitrogens is 1. The average molecular weight is 782 g/mol. The van der Waals surface area contributed by atoms with Crippen LogP contribution in [0.3, 0.4) is 0 Å². The van der Waals surface area contributed by atoms with Gasteiger partial charge in [0.2, 0.25) is 0 Å². The third-order valence-electron chi connectivity index (χ3n) is 11.1. The first-order chi connectivity index (χ1) is 25.7. The van der Waals surface area contributed by atoms with Crippen molar-refractivity contribution in [3.05, 3.63) is 174 Å². The minimum Gasteiger partial charge on any atom is -0.454 e. The maximum Gasteiger partial charge on any atom is 0.159 e. The van der Waals surface area contributed by atoms with Crippen molar-refractivity contribution in [2.45, 2.75) is 25.7 Å². The summed E-state index contributed by atoms with van der Waals surface area (Å²) in [5.41, 5.74) is 18.4. The van der Waals surface area contributed by atoms with Gasteiger partial charge in [-0.1, -0.05) is 144 Å². The van der Waals surface area contributed by atoms with E-state index in [4.69, 9.17) is 4.42 Å². The topological polar surface area (TPSA) is 18.1 Å². The van der Waals surface area contributed by atoms with Gasteiger partial charge in [-0.25, -0.2) is 0 Å². The first-order valence-corrected chi connectivity index (χ1v) is 19.7. The van der Waals surface area contributed by atoms with E-state index in [1.54, 1.807) is 0 Å². The van der Waals surface area contributed by atoms with Crippen LogP contribution < -0.4 is 0 Å². The van der Waals surface area contributed by atoms with Gasteiger partial charge in [0.25, 0.3) is 0 Å². The zero-order chi connectivity index (χ0) is 34.8. The minimum atomic E-state index is 0.414. The van der Waals surface area contributed by atoms with E-state index < -0.39 is 0 Å². The molecule has 10 rings (SSSR count). The fraction of sp³-hybridized carbons (Fsp3) is 0.102. The molecule has 2 heterocycles. The molecule has 0 N–H and O–H groups in total. The average Bonchev–Trinajstić information content (AvgIpc) is 3.72. The molecule has 250 valence electrons. The monoisotopic (exact) mass is 781 g/mol. The molecular formula is C49H36INO. The van der Waals surface area contributed by atoms with Crippen LogP contribution in [0.15, 0.2) is 156 Å². The van der Waals surface area contributed by atoms with Crippen molar-refractivity contribution in [2.24, 2.45) is 0 Å². The molecule has 0 saturated carbocycles. The number of furan rings is 1. The van der Waals surface area contributed by atoms with E-state index in [-0.39, 0.29) is 0 Å². The predicted octanol–water partition coefficient (Wildman–Crippen LogP) is 14.1. The highest BCUT2D eigenvalue weighted by Gasteiger charge is 2.29. The van der Waals surface area contributed by atoms with Gasteiger partial charge in [0, 0.05) is 37.8 Å². The van der Waals surface area contributed by atoms with Crippen LogP contribution >= 0.6 is 22.6 Å². The summed E-state index contributed by atoms with van der Waals surface area (Å²) in [7, 11) is 0. The molecule has 52 heavy (non-hydrogen) atoms. The number of allylic oxidation sites excluding steroid dienone is 5. The molecule has 0 saturated heterocycles. The van der Waals surface area contributed by atoms with E-state index in [0.717, 1.165) is 44.9 Å². The molecule has 2 aromatic heterocycles. The van der Waals surface area contributed by atoms with Crippen LogP contribution in [0, 0.1) is 6.92 Å². The summed E-state index contributed by atoms with van der Waals surface area (Å²) >= 11 is 2.45. The number of fused-ring (bicyclic) bond motifs is 10. The van der Waals surface area contributed by atoms with Crippen molar-refractivity contribution in [1.29, 1.82) is 0 Å². The highest BCUT2D eigenvalue weighted by Crippen LogP contribution is 2.50. The summed E-state index contributed by atoms with van der Waals surface area (Å²) < 4.78 is 10.0. The van der Waals surface area contributed by atoms with E-state index in [0.29, 0.717) is 5.92 Å². The molecule has 3 heteroatoms. The van der Waals surface area contributed by atoms with Crippen LogP contribution in [0.2, 0.25) is 0 Å². The number of hydrogen-bond donors (Lipinski definition) is 0. The largest absolute Gasteiger partial charge is 0.454 e. The van der Waals surface area contributed by atoms with Crippen LogP contribution in [-0.4, -0.2) is 8.99 Å². The van der Waals surface area contributed by atoms with Crippen LogP contribution in [0.25, 0.3) is 83.6 Å². The standard InChI is InChI=1S/C49H36INO/c1-31-36(14-8-9-27-50)45-30-35(24-26-46(45)51(31)47-21-11-20-43-42-19-6-7-22-48(42)52-49(43)47)33-13-10-12-32(28-33)34-23-25-41-39-17-3-2-15-37(39)38-16-4-5-18-40(38)44(41)29-34/h2-8,10-16,18-26,28-30,39H,9,17,27H2,1H3/b14-8-. The Kier molecular flexibility index (Phi) is 7.64. The van der Waals surface area contributed by atoms with Crippen molar-refractivity contribution in [3.63, 3.8) is 0 Å². The van der Waals surface area contributed by atoms with E-state index in [2.05, 4.69) is 186 Å². The summed E-state index contributed by atoms with van der Waals surface area (Å²) in [5.74, 6) is 0.414. The lowest BCUT2D eigenvalue weighted by Crippen LogP contribution is -2.11. The Morgan fingerprint density at radius 2 is 1.46 bits per heavy atom. The first kappa shape index (κ1) is 31.4. The molecule has 0 spiro atoms. The summed E-state index contributed by atoms with van der Waals surface area (Å²) in [4.78, 5) is 0. The Morgan fingerprint density at radius 1 is 0.712 bits per heavy atom. The van der Waals surface area contributed by atoms with Gasteiger partial charge in [0.05, 0.1) is 11.2 Å². The summed E-state index contributed by atoms with van der Waals surface area (Å²) in [6.45, 7) is 2.24. The number of para-hydroxylation sites is 2. The van der Waals surface area contributed by atoms with Crippen molar-refractivity contribution < 1.29 is 4.42 Å². The van der Waals surface area contributed by atoms with Crippen molar-refractivity contribution >= 4 is 67.1 Å². The highest BCUT2D eigenvalue weighted by molar-refractivity contribution is 14.1. The lowest BCUT2D eigenvalue weighted by molar-refractivity contribution is 0.665. The van der Waals surface area contributed by atoms with Crippen molar-refractivity contribution in [2.75, 3.05) is 4.43 Å². The molecule has 2 aliphatic carbocycles. The number of nitrogens with zero attached hydrogens (tertiary/aromatic N) is 1. The SMILES string of the molecule is Cc1c(/C=C\CCI)c2cc(-c3cccc(-c4ccc5c(c4)-c4ccccc4C4=CC=CCC45)c3)ccc2n1-c1cccc2c1oc1ccccc12. The van der Waals surface area contributed by atoms with Crippen LogP contribution in [0.1, 0.15) is 41.1 Å². The maximum atomic E-state index is 6.53. The Morgan fingerprint density at radius 3 is 2.35 bits per heavy atom. The molecule has 2 aliphatic rings. The quantitative estimate of drug-likeness (QED) is 0.121. The van der Waals surface area contributed by atoms with Crippen LogP contribution in [0.4, 0.5) is 0 Å². The van der Waals surface area contributed by atoms with Gasteiger partial charge < -0.3 is 8.98 Å². The third-order valence-corrected chi connectivity index (χ3v) is 11.7. The van der Waals surface area contributed by atoms with E-state index in [9.17, 15) is 0 Å². The van der Waals surface area contributed by atoms with Gasteiger partial charge in [-0.3, -0.25) is 0 Å². The number of rotatable bonds is 6. The molecule has 0 bridgehead atoms. The molecule has 0 amide bonds. The maximum absolute atomic E-state index is 6.53. The predicted molar refractivity (Wildman–Crippen MR) is 229 cm³/mol. The third kappa shape index (κ3) is 4.97. The second-order valence-electron chi connectivity index (χ2n) is 14.0. The Hall–Kier alpha value is -5.39. The highest BCUT2D eigenvalue weighted by atomic mass is 127. The fourth-order valence-electron chi connectivity index (χ4n) is 8.64. The Labute approximate surface area is 317 Å². The molecule has 1 atom stereocenters. The first-order valence-electron chi connectivity index (χ1n) is 18.2. The van der Waals surface area contributed by atoms with E-state index in [1.165, 1.54) is 72.2 Å². The zero-order valence-electron chi connectivity index (χ0n) is 28.9. The molecule has 0 fully saturated rings. The minimum absolute atomic E-state index is 0.414. The van der Waals surface area contributed by atoms with Crippen LogP contribution in [0.5, 0.6) is 0 Å². The normalized spacial score (nSPS) is 15.0. The Balaban J connectivity index is 1.09. The molecule has 6 aromatic carbocycles. The molecule has 0 radical (unpaired) electrons. The lowest BCUT2D eigenvalue weighted by atomic mass is 9.72. The van der Waals surface area contributed by atoms with Gasteiger partial charge in [-0.15, -0.1) is 0 Å². The molecule has 2 nitrogen and oxygen atoms in total. The fourth-order valence-corrected chi connectivity index (χ4v) is 9.00. The second kappa shape index (κ2) is 12.7. The van der Waals surface area contributed by atoms with E-state index in [1.807, 2.05) is 6.07 Å². The zero-order valence-corrected chi connectivity index (χ0v) is 31.1. The van der Waals surface area contributed by atoms with Crippen molar-refractivity contribution in [3.8, 4) is 39.1 Å². The molecule has 0 aliphatic heterocycles. The number of halogens is 1. The lowest BCUT2D eigenvalue weighted by Gasteiger charge is -2.32. The smallest absolute Gasteiger partial charge is 0.159 e. The van der Waals surface area contributed by atoms with Gasteiger partial charge >= 0.3 is 0 Å². The summed E-state index contributed by atoms with van der Waals surface area (Å²) in [6, 6.07) is 46.9. The second-order valence-corrected chi connectivity index (χ2v) is 15.0. The molecule has 1 unspecified atom stereocenters. The van der Waals surface area contributed by atoms with Crippen LogP contribution in [-0.2, 0) is 0 Å². The molecule has 8 aromatic rings. The van der Waals surface area contributed by atoms with E-state index >= 15 is 0 Å². The molecular weight excluding hydrogens is 745 g/mol. The summed E-state index contributed by atoms with van der Waals surface area (Å²) in [5, 5.41) is 3.53. The number of alkyl halides is 1. The van der Waals surface area contributed by atoms with Gasteiger partial charge in [-0.2, -0.15) is 0 Å². The van der Waals surface area contributed by atoms with Gasteiger partial charge in [0.15, 0.2) is 5.58 Å².